The molecular formula is C52H110. The molecule has 0 aliphatic carbocycles. The van der Waals surface area contributed by atoms with Gasteiger partial charge < -0.3 is 0 Å². The molecule has 0 bridgehead atoms. The number of unbranched alkanes of at least 4 members (excludes halogenated alkanes) is 11. The standard InChI is InChI=1S/C28H58.C15H32.C9H20/c1-23(2)13-12-15-26(6)18-19-27(7)20-22-28(8,9)21-11-10-14-25(5)17-16-24(3)4;1-5-6-7-8-9-10-11-12-13-14-15(2,3)4;1-5-6-7-8-9(2,3)4/h23-27H,10-22H2,1-9H3;5-14H2,1-4H3;5-8H2,1-4H3. The van der Waals surface area contributed by atoms with Crippen LogP contribution in [0.15, 0.2) is 0 Å². The van der Waals surface area contributed by atoms with Crippen molar-refractivity contribution >= 4 is 0 Å². The summed E-state index contributed by atoms with van der Waals surface area (Å²) in [4.78, 5) is 0. The number of hydrogen-bond acceptors (Lipinski definition) is 0. The molecule has 0 fully saturated rings. The zero-order valence-corrected chi connectivity index (χ0v) is 40.5. The average Bonchev–Trinajstić information content (AvgIpc) is 3.02. The van der Waals surface area contributed by atoms with Gasteiger partial charge >= 0.3 is 0 Å². The molecule has 0 amide bonds. The highest BCUT2D eigenvalue weighted by Crippen LogP contribution is 2.33. The third-order valence-corrected chi connectivity index (χ3v) is 11.5. The van der Waals surface area contributed by atoms with E-state index in [1.807, 2.05) is 0 Å². The highest BCUT2D eigenvalue weighted by Gasteiger charge is 2.19. The van der Waals surface area contributed by atoms with Crippen LogP contribution in [-0.2, 0) is 0 Å². The highest BCUT2D eigenvalue weighted by atomic mass is 14.2. The Hall–Kier alpha value is 0. The van der Waals surface area contributed by atoms with E-state index in [-0.39, 0.29) is 0 Å². The monoisotopic (exact) mass is 735 g/mol. The molecule has 3 unspecified atom stereocenters. The first kappa shape index (κ1) is 56.3. The zero-order valence-electron chi connectivity index (χ0n) is 40.5. The summed E-state index contributed by atoms with van der Waals surface area (Å²) in [6.07, 6.45) is 38.5. The first-order valence-corrected chi connectivity index (χ1v) is 24.1. The van der Waals surface area contributed by atoms with Gasteiger partial charge in [0.25, 0.3) is 0 Å². The van der Waals surface area contributed by atoms with Crippen molar-refractivity contribution in [3.05, 3.63) is 0 Å². The second-order valence-corrected chi connectivity index (χ2v) is 22.3. The van der Waals surface area contributed by atoms with Crippen molar-refractivity contribution in [1.29, 1.82) is 0 Å². The van der Waals surface area contributed by atoms with Crippen LogP contribution in [0.4, 0.5) is 0 Å². The average molecular weight is 735 g/mol. The van der Waals surface area contributed by atoms with Crippen LogP contribution in [0, 0.1) is 45.8 Å². The van der Waals surface area contributed by atoms with Crippen LogP contribution in [0.25, 0.3) is 0 Å². The van der Waals surface area contributed by atoms with E-state index in [4.69, 9.17) is 0 Å². The van der Waals surface area contributed by atoms with Gasteiger partial charge in [-0.25, -0.2) is 0 Å². The summed E-state index contributed by atoms with van der Waals surface area (Å²) < 4.78 is 0. The molecule has 0 N–H and O–H groups in total. The third-order valence-electron chi connectivity index (χ3n) is 11.5. The summed E-state index contributed by atoms with van der Waals surface area (Å²) in [7, 11) is 0. The first-order chi connectivity index (χ1) is 24.1. The molecule has 0 aliphatic rings. The Morgan fingerprint density at radius 3 is 1.08 bits per heavy atom. The Balaban J connectivity index is -0.000000828. The molecule has 0 rings (SSSR count). The number of rotatable bonds is 30. The molecular weight excluding hydrogens is 625 g/mol. The van der Waals surface area contributed by atoms with Crippen LogP contribution in [-0.4, -0.2) is 0 Å². The minimum atomic E-state index is 0.540. The van der Waals surface area contributed by atoms with Gasteiger partial charge in [0.2, 0.25) is 0 Å². The lowest BCUT2D eigenvalue weighted by Crippen LogP contribution is -2.13. The van der Waals surface area contributed by atoms with Crippen molar-refractivity contribution in [2.75, 3.05) is 0 Å². The quantitative estimate of drug-likeness (QED) is 0.0645. The molecule has 318 valence electrons. The fourth-order valence-corrected chi connectivity index (χ4v) is 7.22. The first-order valence-electron chi connectivity index (χ1n) is 24.1. The molecule has 0 heteroatoms. The van der Waals surface area contributed by atoms with Gasteiger partial charge in [-0.05, 0) is 71.5 Å². The maximum absolute atomic E-state index is 2.51. The van der Waals surface area contributed by atoms with Gasteiger partial charge in [-0.15, -0.1) is 0 Å². The van der Waals surface area contributed by atoms with E-state index in [0.717, 1.165) is 29.6 Å². The second kappa shape index (κ2) is 35.4. The van der Waals surface area contributed by atoms with Gasteiger partial charge in [0.15, 0.2) is 0 Å². The van der Waals surface area contributed by atoms with Crippen molar-refractivity contribution in [3.8, 4) is 0 Å². The smallest absolute Gasteiger partial charge is 0.0354 e. The summed E-state index contributed by atoms with van der Waals surface area (Å²) >= 11 is 0. The normalized spacial score (nSPS) is 14.1. The predicted octanol–water partition coefficient (Wildman–Crippen LogP) is 19.9. The van der Waals surface area contributed by atoms with Crippen molar-refractivity contribution in [3.63, 3.8) is 0 Å². The minimum Gasteiger partial charge on any atom is -0.0654 e. The van der Waals surface area contributed by atoms with E-state index < -0.39 is 0 Å². The lowest BCUT2D eigenvalue weighted by Gasteiger charge is -2.27. The van der Waals surface area contributed by atoms with Crippen molar-refractivity contribution in [1.82, 2.24) is 0 Å². The highest BCUT2D eigenvalue weighted by molar-refractivity contribution is 4.71. The third kappa shape index (κ3) is 52.1. The van der Waals surface area contributed by atoms with E-state index in [2.05, 4.69) is 118 Å². The number of hydrogen-bond donors (Lipinski definition) is 0. The van der Waals surface area contributed by atoms with E-state index in [9.17, 15) is 0 Å². The molecule has 0 aromatic carbocycles. The van der Waals surface area contributed by atoms with E-state index in [1.165, 1.54) is 173 Å². The molecule has 0 spiro atoms. The lowest BCUT2D eigenvalue weighted by molar-refractivity contribution is 0.255. The molecule has 0 saturated carbocycles. The predicted molar refractivity (Wildman–Crippen MR) is 246 cm³/mol. The van der Waals surface area contributed by atoms with Crippen LogP contribution >= 0.6 is 0 Å². The molecule has 0 radical (unpaired) electrons. The lowest BCUT2D eigenvalue weighted by atomic mass is 9.79. The SMILES string of the molecule is CC(C)CCCC(C)CCC(C)CCC(C)(C)CCCCC(C)CCC(C)C.CCCCCC(C)(C)C.CCCCCCCCCCCC(C)(C)C. The van der Waals surface area contributed by atoms with Gasteiger partial charge in [0.1, 0.15) is 0 Å². The fourth-order valence-electron chi connectivity index (χ4n) is 7.22. The van der Waals surface area contributed by atoms with Gasteiger partial charge in [-0.3, -0.25) is 0 Å². The van der Waals surface area contributed by atoms with E-state index in [1.54, 1.807) is 0 Å². The molecule has 0 aromatic heterocycles. The fraction of sp³-hybridized carbons (Fsp3) is 1.00. The van der Waals surface area contributed by atoms with Crippen LogP contribution in [0.1, 0.15) is 291 Å². The van der Waals surface area contributed by atoms with Crippen LogP contribution in [0.3, 0.4) is 0 Å². The maximum Gasteiger partial charge on any atom is -0.0354 e. The maximum atomic E-state index is 2.51. The van der Waals surface area contributed by atoms with Gasteiger partial charge in [0, 0.05) is 0 Å². The summed E-state index contributed by atoms with van der Waals surface area (Å²) in [6, 6.07) is 0. The molecule has 0 aromatic rings. The molecule has 3 atom stereocenters. The molecule has 0 nitrogen and oxygen atoms in total. The van der Waals surface area contributed by atoms with Gasteiger partial charge in [-0.1, -0.05) is 265 Å². The minimum absolute atomic E-state index is 0.540. The largest absolute Gasteiger partial charge is 0.0654 e. The molecule has 52 heavy (non-hydrogen) atoms. The van der Waals surface area contributed by atoms with Crippen molar-refractivity contribution < 1.29 is 0 Å². The topological polar surface area (TPSA) is 0 Å². The second-order valence-electron chi connectivity index (χ2n) is 22.3. The Labute approximate surface area is 335 Å². The van der Waals surface area contributed by atoms with E-state index >= 15 is 0 Å². The Bertz CT molecular complexity index is 682. The molecule has 0 heterocycles. The molecule has 0 saturated heterocycles. The summed E-state index contributed by atoms with van der Waals surface area (Å²) in [5.74, 6) is 4.49. The summed E-state index contributed by atoms with van der Waals surface area (Å²) in [5, 5.41) is 0. The van der Waals surface area contributed by atoms with E-state index in [0.29, 0.717) is 16.2 Å². The van der Waals surface area contributed by atoms with Crippen molar-refractivity contribution in [2.45, 2.75) is 291 Å². The Morgan fingerprint density at radius 1 is 0.288 bits per heavy atom. The zero-order chi connectivity index (χ0) is 40.5. The van der Waals surface area contributed by atoms with Gasteiger partial charge in [-0.2, -0.15) is 0 Å². The Kier molecular flexibility index (Phi) is 38.4. The Morgan fingerprint density at radius 2 is 0.635 bits per heavy atom. The van der Waals surface area contributed by atoms with Crippen LogP contribution < -0.4 is 0 Å². The van der Waals surface area contributed by atoms with Gasteiger partial charge in [0.05, 0.1) is 0 Å². The van der Waals surface area contributed by atoms with Crippen LogP contribution in [0.5, 0.6) is 0 Å². The van der Waals surface area contributed by atoms with Crippen LogP contribution in [0.2, 0.25) is 0 Å². The molecule has 0 aliphatic heterocycles. The summed E-state index contributed by atoms with van der Waals surface area (Å²) in [5.41, 5.74) is 1.63. The van der Waals surface area contributed by atoms with Crippen molar-refractivity contribution in [2.24, 2.45) is 45.8 Å². The summed E-state index contributed by atoms with van der Waals surface area (Å²) in [6.45, 7) is 40.3.